The van der Waals surface area contributed by atoms with Crippen molar-refractivity contribution in [3.63, 3.8) is 0 Å². The van der Waals surface area contributed by atoms with Gasteiger partial charge in [0.1, 0.15) is 12.7 Å². The minimum absolute atomic E-state index is 0. The summed E-state index contributed by atoms with van der Waals surface area (Å²) in [6.07, 6.45) is 10.2. The molecule has 0 amide bonds. The van der Waals surface area contributed by atoms with E-state index in [4.69, 9.17) is 0 Å². The van der Waals surface area contributed by atoms with Crippen molar-refractivity contribution in [3.05, 3.63) is 42.5 Å². The summed E-state index contributed by atoms with van der Waals surface area (Å²) in [5.41, 5.74) is 2.82. The van der Waals surface area contributed by atoms with Crippen LogP contribution in [0.3, 0.4) is 0 Å². The molecule has 2 heterocycles. The lowest BCUT2D eigenvalue weighted by molar-refractivity contribution is 0.309. The Morgan fingerprint density at radius 1 is 1.19 bits per heavy atom. The molecule has 1 aliphatic heterocycles. The highest BCUT2D eigenvalue weighted by Gasteiger charge is 2.40. The monoisotopic (exact) mass is 466 g/mol. The van der Waals surface area contributed by atoms with Crippen LogP contribution >= 0.6 is 24.0 Å². The molecular weight excluding hydrogens is 439 g/mol. The summed E-state index contributed by atoms with van der Waals surface area (Å²) in [4.78, 5) is 10.9. The van der Waals surface area contributed by atoms with Crippen molar-refractivity contribution in [2.24, 2.45) is 10.4 Å². The third kappa shape index (κ3) is 4.02. The Morgan fingerprint density at radius 3 is 2.62 bits per heavy atom. The maximum atomic E-state index is 4.51. The zero-order valence-corrected chi connectivity index (χ0v) is 17.6. The topological polar surface area (TPSA) is 58.3 Å². The number of hydrogen-bond donors (Lipinski definition) is 1. The molecule has 7 heteroatoms. The quantitative estimate of drug-likeness (QED) is 0.429. The number of halogens is 1. The predicted octanol–water partition coefficient (Wildman–Crippen LogP) is 3.23. The summed E-state index contributed by atoms with van der Waals surface area (Å²) < 4.78 is 1.77. The van der Waals surface area contributed by atoms with Crippen LogP contribution in [0.2, 0.25) is 0 Å². The molecule has 1 aromatic carbocycles. The van der Waals surface area contributed by atoms with Gasteiger partial charge in [0.15, 0.2) is 5.96 Å². The molecule has 0 radical (unpaired) electrons. The number of rotatable bonds is 3. The molecule has 2 fully saturated rings. The van der Waals surface area contributed by atoms with Crippen molar-refractivity contribution in [1.29, 1.82) is 0 Å². The van der Waals surface area contributed by atoms with Crippen LogP contribution in [0.25, 0.3) is 5.69 Å². The first-order valence-corrected chi connectivity index (χ1v) is 9.18. The van der Waals surface area contributed by atoms with Gasteiger partial charge in [-0.3, -0.25) is 4.99 Å². The second-order valence-electron chi connectivity index (χ2n) is 7.29. The molecule has 0 bridgehead atoms. The fourth-order valence-corrected chi connectivity index (χ4v) is 4.27. The average Bonchev–Trinajstić information content (AvgIpc) is 3.40. The Bertz CT molecular complexity index is 719. The second kappa shape index (κ2) is 8.37. The third-order valence-corrected chi connectivity index (χ3v) is 5.68. The maximum absolute atomic E-state index is 4.51. The molecule has 1 aliphatic carbocycles. The van der Waals surface area contributed by atoms with Crippen LogP contribution in [-0.2, 0) is 6.54 Å². The van der Waals surface area contributed by atoms with Crippen LogP contribution in [0.4, 0.5) is 0 Å². The number of benzene rings is 1. The Labute approximate surface area is 172 Å². The Morgan fingerprint density at radius 2 is 1.96 bits per heavy atom. The summed E-state index contributed by atoms with van der Waals surface area (Å²) in [5, 5.41) is 7.68. The minimum atomic E-state index is 0. The lowest BCUT2D eigenvalue weighted by atomic mass is 9.86. The predicted molar refractivity (Wildman–Crippen MR) is 114 cm³/mol. The Kier molecular flexibility index (Phi) is 6.16. The van der Waals surface area contributed by atoms with Gasteiger partial charge >= 0.3 is 0 Å². The molecule has 1 N–H and O–H groups in total. The van der Waals surface area contributed by atoms with Gasteiger partial charge < -0.3 is 10.2 Å². The van der Waals surface area contributed by atoms with E-state index in [1.54, 1.807) is 17.3 Å². The van der Waals surface area contributed by atoms with Gasteiger partial charge in [-0.1, -0.05) is 25.0 Å². The van der Waals surface area contributed by atoms with Crippen molar-refractivity contribution < 1.29 is 0 Å². The summed E-state index contributed by atoms with van der Waals surface area (Å²) in [6.45, 7) is 3.08. The first-order valence-electron chi connectivity index (χ1n) is 9.18. The van der Waals surface area contributed by atoms with E-state index in [0.29, 0.717) is 5.41 Å². The molecule has 2 aromatic rings. The highest BCUT2D eigenvalue weighted by molar-refractivity contribution is 14.0. The number of nitrogens with zero attached hydrogens (tertiary/aromatic N) is 5. The Hall–Kier alpha value is -1.64. The van der Waals surface area contributed by atoms with Gasteiger partial charge in [0.25, 0.3) is 0 Å². The normalized spacial score (nSPS) is 19.0. The van der Waals surface area contributed by atoms with Crippen LogP contribution in [0, 0.1) is 5.41 Å². The fraction of sp³-hybridized carbons (Fsp3) is 0.526. The van der Waals surface area contributed by atoms with E-state index in [2.05, 4.69) is 49.6 Å². The Balaban J connectivity index is 0.00000196. The van der Waals surface area contributed by atoms with Gasteiger partial charge in [0.05, 0.1) is 5.69 Å². The van der Waals surface area contributed by atoms with Crippen LogP contribution in [-0.4, -0.2) is 45.8 Å². The number of nitrogens with one attached hydrogen (secondary N) is 1. The molecule has 1 saturated carbocycles. The summed E-state index contributed by atoms with van der Waals surface area (Å²) >= 11 is 0. The second-order valence-corrected chi connectivity index (χ2v) is 7.29. The average molecular weight is 466 g/mol. The van der Waals surface area contributed by atoms with E-state index in [1.807, 2.05) is 7.05 Å². The van der Waals surface area contributed by atoms with E-state index in [0.717, 1.165) is 31.3 Å². The van der Waals surface area contributed by atoms with Gasteiger partial charge in [-0.25, -0.2) is 9.67 Å². The number of likely N-dealkylation sites (tertiary alicyclic amines) is 1. The molecule has 2 aliphatic rings. The highest BCUT2D eigenvalue weighted by atomic mass is 127. The number of hydrogen-bond acceptors (Lipinski definition) is 3. The fourth-order valence-electron chi connectivity index (χ4n) is 4.27. The summed E-state index contributed by atoms with van der Waals surface area (Å²) in [7, 11) is 1.88. The van der Waals surface area contributed by atoms with Crippen molar-refractivity contribution in [3.8, 4) is 5.69 Å². The first kappa shape index (κ1) is 19.1. The number of guanidine groups is 1. The SMILES string of the molecule is CN=C(NCc1ccc(-n2cncn2)cc1)N1CCC2(CCCC2)C1.I. The molecular formula is C19H27IN6. The first-order chi connectivity index (χ1) is 12.3. The van der Waals surface area contributed by atoms with Crippen LogP contribution < -0.4 is 5.32 Å². The number of aromatic nitrogens is 3. The van der Waals surface area contributed by atoms with Crippen molar-refractivity contribution >= 4 is 29.9 Å². The molecule has 0 atom stereocenters. The van der Waals surface area contributed by atoms with E-state index < -0.39 is 0 Å². The standard InChI is InChI=1S/C19H26N6.HI/c1-20-18(24-11-10-19(13-24)8-2-3-9-19)22-12-16-4-6-17(7-5-16)25-15-21-14-23-25;/h4-7,14-15H,2-3,8-13H2,1H3,(H,20,22);1H. The lowest BCUT2D eigenvalue weighted by Gasteiger charge is -2.26. The van der Waals surface area contributed by atoms with Gasteiger partial charge in [-0.05, 0) is 42.4 Å². The molecule has 4 rings (SSSR count). The van der Waals surface area contributed by atoms with Gasteiger partial charge in [0.2, 0.25) is 0 Å². The van der Waals surface area contributed by atoms with E-state index in [9.17, 15) is 0 Å². The highest BCUT2D eigenvalue weighted by Crippen LogP contribution is 2.45. The molecule has 1 spiro atoms. The van der Waals surface area contributed by atoms with Crippen LogP contribution in [0.1, 0.15) is 37.7 Å². The van der Waals surface area contributed by atoms with E-state index >= 15 is 0 Å². The molecule has 26 heavy (non-hydrogen) atoms. The van der Waals surface area contributed by atoms with Crippen molar-refractivity contribution in [2.45, 2.75) is 38.6 Å². The lowest BCUT2D eigenvalue weighted by Crippen LogP contribution is -2.40. The van der Waals surface area contributed by atoms with Gasteiger partial charge in [-0.2, -0.15) is 5.10 Å². The van der Waals surface area contributed by atoms with Gasteiger partial charge in [-0.15, -0.1) is 24.0 Å². The van der Waals surface area contributed by atoms with Crippen LogP contribution in [0.5, 0.6) is 0 Å². The minimum Gasteiger partial charge on any atom is -0.352 e. The van der Waals surface area contributed by atoms with Crippen molar-refractivity contribution in [2.75, 3.05) is 20.1 Å². The molecule has 0 unspecified atom stereocenters. The third-order valence-electron chi connectivity index (χ3n) is 5.68. The van der Waals surface area contributed by atoms with Crippen molar-refractivity contribution in [1.82, 2.24) is 25.0 Å². The van der Waals surface area contributed by atoms with E-state index in [1.165, 1.54) is 37.7 Å². The summed E-state index contributed by atoms with van der Waals surface area (Å²) in [6, 6.07) is 8.38. The zero-order chi connectivity index (χ0) is 17.1. The zero-order valence-electron chi connectivity index (χ0n) is 15.3. The molecule has 6 nitrogen and oxygen atoms in total. The molecule has 1 saturated heterocycles. The maximum Gasteiger partial charge on any atom is 0.193 e. The smallest absolute Gasteiger partial charge is 0.193 e. The van der Waals surface area contributed by atoms with Gasteiger partial charge in [0, 0.05) is 26.7 Å². The molecule has 140 valence electrons. The van der Waals surface area contributed by atoms with E-state index in [-0.39, 0.29) is 24.0 Å². The molecule has 1 aromatic heterocycles. The largest absolute Gasteiger partial charge is 0.352 e. The van der Waals surface area contributed by atoms with Crippen LogP contribution in [0.15, 0.2) is 41.9 Å². The summed E-state index contributed by atoms with van der Waals surface area (Å²) in [5.74, 6) is 1.03. The number of aliphatic imine (C=N–C) groups is 1.